The second-order valence-electron chi connectivity index (χ2n) is 3.92. The zero-order valence-corrected chi connectivity index (χ0v) is 9.18. The van der Waals surface area contributed by atoms with Crippen LogP contribution in [0.15, 0.2) is 0 Å². The average molecular weight is 203 g/mol. The maximum atomic E-state index is 9.21. The average Bonchev–Trinajstić information content (AvgIpc) is 2.27. The number of hydrogen-bond acceptors (Lipinski definition) is 2. The van der Waals surface area contributed by atoms with Gasteiger partial charge < -0.3 is 5.11 Å². The Balaban J connectivity index is 3.28. The molecule has 4 heteroatoms. The van der Waals surface area contributed by atoms with Crippen molar-refractivity contribution < 1.29 is 5.11 Å². The van der Waals surface area contributed by atoms with E-state index in [2.05, 4.69) is 5.10 Å². The minimum Gasteiger partial charge on any atom is -0.395 e. The van der Waals surface area contributed by atoms with Crippen LogP contribution in [0, 0.1) is 6.92 Å². The van der Waals surface area contributed by atoms with Crippen LogP contribution >= 0.6 is 11.6 Å². The lowest BCUT2D eigenvalue weighted by Crippen LogP contribution is -2.23. The highest BCUT2D eigenvalue weighted by atomic mass is 35.5. The number of aryl methyl sites for hydroxylation is 2. The van der Waals surface area contributed by atoms with Crippen molar-refractivity contribution in [2.75, 3.05) is 6.61 Å². The number of aliphatic hydroxyl groups excluding tert-OH is 1. The van der Waals surface area contributed by atoms with Crippen LogP contribution in [-0.2, 0) is 12.5 Å². The lowest BCUT2D eigenvalue weighted by atomic mass is 9.86. The third kappa shape index (κ3) is 1.71. The molecule has 0 saturated heterocycles. The Morgan fingerprint density at radius 1 is 1.54 bits per heavy atom. The van der Waals surface area contributed by atoms with E-state index in [1.165, 1.54) is 0 Å². The Morgan fingerprint density at radius 2 is 2.08 bits per heavy atom. The summed E-state index contributed by atoms with van der Waals surface area (Å²) in [5.41, 5.74) is 1.49. The van der Waals surface area contributed by atoms with E-state index in [4.69, 9.17) is 11.6 Å². The molecule has 13 heavy (non-hydrogen) atoms. The molecule has 0 aliphatic rings. The van der Waals surface area contributed by atoms with Crippen LogP contribution in [0.3, 0.4) is 0 Å². The normalized spacial score (nSPS) is 12.2. The van der Waals surface area contributed by atoms with Crippen LogP contribution < -0.4 is 0 Å². The van der Waals surface area contributed by atoms with Gasteiger partial charge in [-0.2, -0.15) is 5.10 Å². The highest BCUT2D eigenvalue weighted by molar-refractivity contribution is 6.30. The third-order valence-electron chi connectivity index (χ3n) is 2.22. The first kappa shape index (κ1) is 10.5. The summed E-state index contributed by atoms with van der Waals surface area (Å²) >= 11 is 6.07. The van der Waals surface area contributed by atoms with Crippen LogP contribution in [0.25, 0.3) is 0 Å². The van der Waals surface area contributed by atoms with Gasteiger partial charge in [0.05, 0.1) is 12.3 Å². The largest absolute Gasteiger partial charge is 0.395 e. The predicted molar refractivity (Wildman–Crippen MR) is 53.1 cm³/mol. The van der Waals surface area contributed by atoms with Gasteiger partial charge in [-0.25, -0.2) is 0 Å². The molecule has 3 nitrogen and oxygen atoms in total. The first-order valence-corrected chi connectivity index (χ1v) is 4.58. The summed E-state index contributed by atoms with van der Waals surface area (Å²) in [5.74, 6) is 0. The zero-order chi connectivity index (χ0) is 10.2. The molecule has 0 aromatic carbocycles. The molecular weight excluding hydrogens is 188 g/mol. The standard InChI is InChI=1S/C9H15ClN2O/c1-6-7(9(2,3)5-13)8(10)12(4)11-6/h13H,5H2,1-4H3. The lowest BCUT2D eigenvalue weighted by molar-refractivity contribution is 0.218. The molecule has 74 valence electrons. The van der Waals surface area contributed by atoms with E-state index in [1.807, 2.05) is 20.8 Å². The smallest absolute Gasteiger partial charge is 0.130 e. The molecule has 0 radical (unpaired) electrons. The number of rotatable bonds is 2. The van der Waals surface area contributed by atoms with Crippen LogP contribution in [0.5, 0.6) is 0 Å². The molecule has 0 atom stereocenters. The van der Waals surface area contributed by atoms with Gasteiger partial charge >= 0.3 is 0 Å². The molecule has 0 aliphatic carbocycles. The molecule has 0 bridgehead atoms. The molecule has 0 saturated carbocycles. The SMILES string of the molecule is Cc1nn(C)c(Cl)c1C(C)(C)CO. The van der Waals surface area contributed by atoms with E-state index < -0.39 is 0 Å². The van der Waals surface area contributed by atoms with E-state index in [1.54, 1.807) is 11.7 Å². The molecule has 0 fully saturated rings. The van der Waals surface area contributed by atoms with Crippen molar-refractivity contribution in [2.24, 2.45) is 7.05 Å². The Labute approximate surface area is 83.3 Å². The van der Waals surface area contributed by atoms with Crippen molar-refractivity contribution in [3.63, 3.8) is 0 Å². The molecule has 0 amide bonds. The molecule has 1 heterocycles. The van der Waals surface area contributed by atoms with E-state index in [-0.39, 0.29) is 12.0 Å². The summed E-state index contributed by atoms with van der Waals surface area (Å²) in [6.07, 6.45) is 0. The van der Waals surface area contributed by atoms with Crippen LogP contribution in [0.4, 0.5) is 0 Å². The van der Waals surface area contributed by atoms with Crippen molar-refractivity contribution >= 4 is 11.6 Å². The molecule has 0 aliphatic heterocycles. The summed E-state index contributed by atoms with van der Waals surface area (Å²) in [6.45, 7) is 5.86. The summed E-state index contributed by atoms with van der Waals surface area (Å²) in [4.78, 5) is 0. The van der Waals surface area contributed by atoms with Gasteiger partial charge in [0.25, 0.3) is 0 Å². The van der Waals surface area contributed by atoms with Gasteiger partial charge in [0, 0.05) is 18.0 Å². The first-order valence-electron chi connectivity index (χ1n) is 4.20. The second kappa shape index (κ2) is 3.31. The van der Waals surface area contributed by atoms with E-state index in [0.29, 0.717) is 5.15 Å². The van der Waals surface area contributed by atoms with Crippen LogP contribution in [-0.4, -0.2) is 21.5 Å². The van der Waals surface area contributed by atoms with Crippen LogP contribution in [0.1, 0.15) is 25.1 Å². The topological polar surface area (TPSA) is 38.0 Å². The molecule has 1 aromatic rings. The fourth-order valence-electron chi connectivity index (χ4n) is 1.48. The van der Waals surface area contributed by atoms with Gasteiger partial charge in [-0.1, -0.05) is 25.4 Å². The fourth-order valence-corrected chi connectivity index (χ4v) is 1.91. The van der Waals surface area contributed by atoms with Gasteiger partial charge in [-0.05, 0) is 6.92 Å². The van der Waals surface area contributed by atoms with Gasteiger partial charge in [-0.3, -0.25) is 4.68 Å². The number of halogens is 1. The van der Waals surface area contributed by atoms with E-state index in [9.17, 15) is 5.11 Å². The van der Waals surface area contributed by atoms with Gasteiger partial charge in [0.1, 0.15) is 5.15 Å². The maximum Gasteiger partial charge on any atom is 0.130 e. The number of nitrogens with zero attached hydrogens (tertiary/aromatic N) is 2. The molecule has 1 N–H and O–H groups in total. The second-order valence-corrected chi connectivity index (χ2v) is 4.27. The monoisotopic (exact) mass is 202 g/mol. The molecule has 1 rings (SSSR count). The van der Waals surface area contributed by atoms with E-state index in [0.717, 1.165) is 11.3 Å². The van der Waals surface area contributed by atoms with Gasteiger partial charge in [0.2, 0.25) is 0 Å². The van der Waals surface area contributed by atoms with Gasteiger partial charge in [-0.15, -0.1) is 0 Å². The molecule has 0 spiro atoms. The van der Waals surface area contributed by atoms with Crippen molar-refractivity contribution in [2.45, 2.75) is 26.2 Å². The predicted octanol–water partition coefficient (Wildman–Crippen LogP) is 1.65. The quantitative estimate of drug-likeness (QED) is 0.792. The van der Waals surface area contributed by atoms with E-state index >= 15 is 0 Å². The minimum atomic E-state index is -0.324. The Kier molecular flexibility index (Phi) is 2.68. The summed E-state index contributed by atoms with van der Waals surface area (Å²) in [7, 11) is 1.80. The summed E-state index contributed by atoms with van der Waals surface area (Å²) in [5, 5.41) is 14.0. The highest BCUT2D eigenvalue weighted by Crippen LogP contribution is 2.31. The van der Waals surface area contributed by atoms with Crippen molar-refractivity contribution in [1.82, 2.24) is 9.78 Å². The van der Waals surface area contributed by atoms with Gasteiger partial charge in [0.15, 0.2) is 0 Å². The Morgan fingerprint density at radius 3 is 2.38 bits per heavy atom. The van der Waals surface area contributed by atoms with Crippen molar-refractivity contribution in [1.29, 1.82) is 0 Å². The van der Waals surface area contributed by atoms with Crippen molar-refractivity contribution in [3.05, 3.63) is 16.4 Å². The fraction of sp³-hybridized carbons (Fsp3) is 0.667. The molecular formula is C9H15ClN2O. The van der Waals surface area contributed by atoms with Crippen molar-refractivity contribution in [3.8, 4) is 0 Å². The summed E-state index contributed by atoms with van der Waals surface area (Å²) < 4.78 is 1.63. The molecule has 1 aromatic heterocycles. The molecule has 0 unspecified atom stereocenters. The lowest BCUT2D eigenvalue weighted by Gasteiger charge is -2.21. The Bertz CT molecular complexity index is 318. The number of aliphatic hydroxyl groups is 1. The maximum absolute atomic E-state index is 9.21. The Hall–Kier alpha value is -0.540. The summed E-state index contributed by atoms with van der Waals surface area (Å²) in [6, 6.07) is 0. The highest BCUT2D eigenvalue weighted by Gasteiger charge is 2.27. The first-order chi connectivity index (χ1) is 5.90. The zero-order valence-electron chi connectivity index (χ0n) is 8.43. The number of aromatic nitrogens is 2. The number of hydrogen-bond donors (Lipinski definition) is 1. The van der Waals surface area contributed by atoms with Crippen LogP contribution in [0.2, 0.25) is 5.15 Å². The third-order valence-corrected chi connectivity index (χ3v) is 2.66. The minimum absolute atomic E-state index is 0.0687.